The average Bonchev–Trinajstić information content (AvgIpc) is 3.76. The lowest BCUT2D eigenvalue weighted by molar-refractivity contribution is -0.383. The number of aromatic nitrogens is 6. The molecule has 0 bridgehead atoms. The molecule has 20 heteroatoms. The van der Waals surface area contributed by atoms with E-state index in [0.29, 0.717) is 39.6 Å². The Morgan fingerprint density at radius 3 is 1.81 bits per heavy atom. The molecule has 0 spiro atoms. The molecule has 262 valence electrons. The third kappa shape index (κ3) is 6.65. The van der Waals surface area contributed by atoms with Crippen molar-refractivity contribution in [2.24, 2.45) is 0 Å². The Hall–Kier alpha value is -7.64. The summed E-state index contributed by atoms with van der Waals surface area (Å²) in [5.74, 6) is -0.166. The number of aromatic amines is 2. The van der Waals surface area contributed by atoms with Crippen molar-refractivity contribution in [1.82, 2.24) is 40.5 Å². The van der Waals surface area contributed by atoms with E-state index < -0.39 is 10.8 Å². The van der Waals surface area contributed by atoms with E-state index in [0.717, 1.165) is 17.5 Å². The highest BCUT2D eigenvalue weighted by Crippen LogP contribution is 2.30. The molecule has 6 aromatic rings. The molecule has 0 saturated carbocycles. The van der Waals surface area contributed by atoms with Crippen LogP contribution < -0.4 is 36.5 Å². The van der Waals surface area contributed by atoms with Gasteiger partial charge in [0.15, 0.2) is 30.1 Å². The Bertz CT molecular complexity index is 2420. The molecule has 6 heterocycles. The number of benzene rings is 2. The van der Waals surface area contributed by atoms with E-state index in [-0.39, 0.29) is 72.1 Å². The molecule has 8 N–H and O–H groups in total. The molecule has 0 aliphatic carbocycles. The van der Waals surface area contributed by atoms with Gasteiger partial charge in [0.2, 0.25) is 0 Å². The van der Waals surface area contributed by atoms with E-state index >= 15 is 0 Å². The second-order valence-corrected chi connectivity index (χ2v) is 11.3. The van der Waals surface area contributed by atoms with Crippen LogP contribution in [0.2, 0.25) is 0 Å². The fourth-order valence-corrected chi connectivity index (χ4v) is 5.38. The van der Waals surface area contributed by atoms with Gasteiger partial charge < -0.3 is 46.4 Å². The molecule has 0 unspecified atom stereocenters. The monoisotopic (exact) mass is 706 g/mol. The molecule has 4 aromatic heterocycles. The van der Waals surface area contributed by atoms with Crippen LogP contribution in [0, 0.1) is 10.1 Å². The molecule has 0 radical (unpaired) electrons. The van der Waals surface area contributed by atoms with Gasteiger partial charge in [-0.25, -0.2) is 19.9 Å². The number of nitrogen functional groups attached to an aromatic ring is 1. The third-order valence-corrected chi connectivity index (χ3v) is 7.82. The van der Waals surface area contributed by atoms with Crippen molar-refractivity contribution in [3.8, 4) is 11.5 Å². The first kappa shape index (κ1) is 32.9. The van der Waals surface area contributed by atoms with Gasteiger partial charge in [-0.15, -0.1) is 0 Å². The molecule has 8 rings (SSSR count). The Morgan fingerprint density at radius 2 is 1.27 bits per heavy atom. The standard InChI is InChI=1S/C16H12N6O5.C16H14N6O3/c23-12-6-27-11-2-1-8(3-9(11)21-12)4-18-16(24)15-14-13(19-7-20-15)10(5-17-14)22(25)26;17-9-5-18-14-13(9)20-7-21-15(14)16(24)19-4-8-1-2-11-10(3-8)22-12(23)6-25-11/h1-3,5,7,17H,4,6H2,(H,18,24)(H,21,23);1-3,5,7,18H,4,6,17H2,(H,19,24)(H,22,23). The molecular formula is C32H26N12O8. The van der Waals surface area contributed by atoms with Gasteiger partial charge in [0, 0.05) is 19.3 Å². The quantitative estimate of drug-likeness (QED) is 0.0924. The maximum absolute atomic E-state index is 12.5. The number of fused-ring (bicyclic) bond motifs is 4. The minimum absolute atomic E-state index is 0.00250. The number of H-pyrrole nitrogens is 2. The second kappa shape index (κ2) is 13.7. The topological polar surface area (TPSA) is 287 Å². The first-order chi connectivity index (χ1) is 25.1. The highest BCUT2D eigenvalue weighted by Gasteiger charge is 2.22. The van der Waals surface area contributed by atoms with Gasteiger partial charge >= 0.3 is 5.69 Å². The van der Waals surface area contributed by atoms with Gasteiger partial charge in [-0.2, -0.15) is 0 Å². The third-order valence-electron chi connectivity index (χ3n) is 7.82. The minimum atomic E-state index is -0.586. The van der Waals surface area contributed by atoms with Crippen molar-refractivity contribution in [3.63, 3.8) is 0 Å². The van der Waals surface area contributed by atoms with Gasteiger partial charge in [-0.3, -0.25) is 29.3 Å². The molecule has 2 aromatic carbocycles. The summed E-state index contributed by atoms with van der Waals surface area (Å²) >= 11 is 0. The van der Waals surface area contributed by atoms with Crippen LogP contribution in [0.1, 0.15) is 32.1 Å². The van der Waals surface area contributed by atoms with E-state index in [1.165, 1.54) is 12.5 Å². The number of hydrogen-bond acceptors (Lipinski definition) is 13. The van der Waals surface area contributed by atoms with E-state index in [2.05, 4.69) is 51.2 Å². The van der Waals surface area contributed by atoms with Gasteiger partial charge in [0.25, 0.3) is 23.6 Å². The maximum Gasteiger partial charge on any atom is 0.312 e. The van der Waals surface area contributed by atoms with Crippen LogP contribution in [0.4, 0.5) is 22.7 Å². The van der Waals surface area contributed by atoms with E-state index in [1.807, 2.05) is 6.07 Å². The Balaban J connectivity index is 0.000000162. The molecule has 0 atom stereocenters. The molecule has 2 aliphatic heterocycles. The van der Waals surface area contributed by atoms with Crippen molar-refractivity contribution in [2.75, 3.05) is 29.6 Å². The zero-order chi connectivity index (χ0) is 36.4. The number of rotatable bonds is 7. The largest absolute Gasteiger partial charge is 0.482 e. The molecule has 52 heavy (non-hydrogen) atoms. The SMILES string of the molecule is Nc1c[nH]c2c(C(=O)NCc3ccc4c(c3)NC(=O)CO4)ncnc12.O=C1COc2ccc(CNC(=O)c3ncnc4c([N+](=O)[O-])c[nH]c34)cc2N1. The number of amides is 4. The number of carbonyl (C=O) groups excluding carboxylic acids is 4. The van der Waals surface area contributed by atoms with Crippen molar-refractivity contribution in [1.29, 1.82) is 0 Å². The van der Waals surface area contributed by atoms with Gasteiger partial charge in [0.1, 0.15) is 35.2 Å². The Kier molecular flexibility index (Phi) is 8.66. The summed E-state index contributed by atoms with van der Waals surface area (Å²) in [6.45, 7) is 0.404. The predicted molar refractivity (Wildman–Crippen MR) is 182 cm³/mol. The summed E-state index contributed by atoms with van der Waals surface area (Å²) < 4.78 is 10.6. The van der Waals surface area contributed by atoms with Crippen LogP contribution in [-0.4, -0.2) is 71.7 Å². The van der Waals surface area contributed by atoms with Gasteiger partial charge in [0.05, 0.1) is 33.7 Å². The van der Waals surface area contributed by atoms with E-state index in [4.69, 9.17) is 15.2 Å². The van der Waals surface area contributed by atoms with Crippen LogP contribution in [0.5, 0.6) is 11.5 Å². The summed E-state index contributed by atoms with van der Waals surface area (Å²) in [4.78, 5) is 79.5. The lowest BCUT2D eigenvalue weighted by atomic mass is 10.1. The number of nitro groups is 1. The summed E-state index contributed by atoms with van der Waals surface area (Å²) in [6.07, 6.45) is 5.14. The predicted octanol–water partition coefficient (Wildman–Crippen LogP) is 1.93. The molecule has 2 aliphatic rings. The van der Waals surface area contributed by atoms with Crippen molar-refractivity contribution < 1.29 is 33.6 Å². The fourth-order valence-electron chi connectivity index (χ4n) is 5.38. The zero-order valence-corrected chi connectivity index (χ0v) is 26.7. The smallest absolute Gasteiger partial charge is 0.312 e. The maximum atomic E-state index is 12.5. The van der Waals surface area contributed by atoms with Crippen LogP contribution in [0.15, 0.2) is 61.4 Å². The summed E-state index contributed by atoms with van der Waals surface area (Å²) in [5, 5.41) is 21.9. The lowest BCUT2D eigenvalue weighted by Gasteiger charge is -2.18. The second-order valence-electron chi connectivity index (χ2n) is 11.3. The molecule has 20 nitrogen and oxygen atoms in total. The molecule has 0 fully saturated rings. The Morgan fingerprint density at radius 1 is 0.769 bits per heavy atom. The van der Waals surface area contributed by atoms with Gasteiger partial charge in [-0.05, 0) is 35.4 Å². The average molecular weight is 707 g/mol. The normalized spacial score (nSPS) is 12.9. The number of nitrogens with zero attached hydrogens (tertiary/aromatic N) is 5. The molecule has 4 amide bonds. The zero-order valence-electron chi connectivity index (χ0n) is 26.7. The van der Waals surface area contributed by atoms with Crippen molar-refractivity contribution in [3.05, 3.63) is 94.1 Å². The first-order valence-corrected chi connectivity index (χ1v) is 15.4. The number of nitrogens with two attached hydrogens (primary N) is 1. The summed E-state index contributed by atoms with van der Waals surface area (Å²) in [7, 11) is 0. The van der Waals surface area contributed by atoms with Gasteiger partial charge in [-0.1, -0.05) is 12.1 Å². The summed E-state index contributed by atoms with van der Waals surface area (Å²) in [6, 6.07) is 10.5. The molecule has 0 saturated heterocycles. The van der Waals surface area contributed by atoms with Crippen LogP contribution in [0.25, 0.3) is 22.1 Å². The van der Waals surface area contributed by atoms with Crippen molar-refractivity contribution >= 4 is 68.4 Å². The number of anilines is 3. The first-order valence-electron chi connectivity index (χ1n) is 15.4. The number of ether oxygens (including phenoxy) is 2. The lowest BCUT2D eigenvalue weighted by Crippen LogP contribution is -2.26. The molecular weight excluding hydrogens is 680 g/mol. The van der Waals surface area contributed by atoms with E-state index in [9.17, 15) is 29.3 Å². The van der Waals surface area contributed by atoms with Crippen molar-refractivity contribution in [2.45, 2.75) is 13.1 Å². The highest BCUT2D eigenvalue weighted by atomic mass is 16.6. The fraction of sp³-hybridized carbons (Fsp3) is 0.125. The summed E-state index contributed by atoms with van der Waals surface area (Å²) in [5.41, 5.74) is 10.1. The van der Waals surface area contributed by atoms with Crippen LogP contribution >= 0.6 is 0 Å². The van der Waals surface area contributed by atoms with E-state index in [1.54, 1.807) is 36.5 Å². The minimum Gasteiger partial charge on any atom is -0.482 e. The van der Waals surface area contributed by atoms with Crippen LogP contribution in [-0.2, 0) is 22.7 Å². The highest BCUT2D eigenvalue weighted by molar-refractivity contribution is 6.06. The number of carbonyl (C=O) groups is 4. The Labute approximate surface area is 290 Å². The van der Waals surface area contributed by atoms with Crippen LogP contribution in [0.3, 0.4) is 0 Å². The number of nitrogens with one attached hydrogen (secondary N) is 6. The number of hydrogen-bond donors (Lipinski definition) is 7.